The molecule has 0 nitrogen and oxygen atoms in total. The standard InChI is InChI=1S/C33H31P2.C5H5.Ni/c1-24-14-5-9-18-28(24)34(29-19-10-6-15-25(29)2)32-22-13-23-33(32)35(30-20-11-7-16-26(30)3)31-21-12-8-17-27(31)4;1-2-4-5-3-1;/h5-23H,1-4H3;1-5H;/q-1;-5;. The van der Waals surface area contributed by atoms with Crippen LogP contribution in [0.4, 0.5) is 0 Å². The molecule has 0 saturated heterocycles. The zero-order chi connectivity index (χ0) is 27.9. The van der Waals surface area contributed by atoms with E-state index in [0.717, 1.165) is 0 Å². The molecular formula is C38H36NiP2-6. The molecule has 0 spiro atoms. The van der Waals surface area contributed by atoms with Gasteiger partial charge in [-0.3, -0.25) is 0 Å². The molecule has 0 aromatic heterocycles. The molecular weight excluding hydrogens is 577 g/mol. The van der Waals surface area contributed by atoms with E-state index in [1.54, 1.807) is 0 Å². The summed E-state index contributed by atoms with van der Waals surface area (Å²) in [6.45, 7) is 9.04. The molecule has 0 amide bonds. The summed E-state index contributed by atoms with van der Waals surface area (Å²) in [6.07, 6.45) is 0. The van der Waals surface area contributed by atoms with Crippen LogP contribution in [0.15, 0.2) is 146 Å². The van der Waals surface area contributed by atoms with E-state index in [0.29, 0.717) is 0 Å². The first-order valence-electron chi connectivity index (χ1n) is 13.8. The van der Waals surface area contributed by atoms with Crippen molar-refractivity contribution >= 4 is 47.7 Å². The van der Waals surface area contributed by atoms with Crippen LogP contribution in [-0.4, -0.2) is 0 Å². The first kappa shape index (κ1) is 30.9. The minimum absolute atomic E-state index is 0. The molecule has 6 aromatic rings. The number of aryl methyl sites for hydroxylation is 4. The Kier molecular flexibility index (Phi) is 11.1. The molecule has 0 aliphatic rings. The van der Waals surface area contributed by atoms with Crippen molar-refractivity contribution in [2.24, 2.45) is 0 Å². The number of hydrogen-bond acceptors (Lipinski definition) is 0. The van der Waals surface area contributed by atoms with Gasteiger partial charge in [-0.1, -0.05) is 105 Å². The van der Waals surface area contributed by atoms with Crippen LogP contribution >= 0.6 is 15.8 Å². The molecule has 0 aliphatic heterocycles. The van der Waals surface area contributed by atoms with Crippen molar-refractivity contribution in [2.75, 3.05) is 0 Å². The summed E-state index contributed by atoms with van der Waals surface area (Å²) < 4.78 is 0. The third-order valence-corrected chi connectivity index (χ3v) is 13.1. The summed E-state index contributed by atoms with van der Waals surface area (Å²) in [7, 11) is -1.38. The zero-order valence-electron chi connectivity index (χ0n) is 24.1. The van der Waals surface area contributed by atoms with Gasteiger partial charge in [0, 0.05) is 16.5 Å². The van der Waals surface area contributed by atoms with Crippen LogP contribution in [0.2, 0.25) is 0 Å². The summed E-state index contributed by atoms with van der Waals surface area (Å²) in [5.74, 6) is 0. The maximum Gasteiger partial charge on any atom is 0 e. The maximum atomic E-state index is 2.39. The second kappa shape index (κ2) is 14.7. The molecule has 0 bridgehead atoms. The molecule has 214 valence electrons. The quantitative estimate of drug-likeness (QED) is 0.103. The topological polar surface area (TPSA) is 0 Å². The normalized spacial score (nSPS) is 10.7. The Morgan fingerprint density at radius 2 is 0.780 bits per heavy atom. The molecule has 6 aromatic carbocycles. The first-order chi connectivity index (χ1) is 19.6. The van der Waals surface area contributed by atoms with Gasteiger partial charge in [0.15, 0.2) is 0 Å². The molecule has 0 saturated carbocycles. The van der Waals surface area contributed by atoms with Gasteiger partial charge in [0.2, 0.25) is 0 Å². The molecule has 0 heterocycles. The van der Waals surface area contributed by atoms with Crippen molar-refractivity contribution in [1.29, 1.82) is 0 Å². The second-order valence-electron chi connectivity index (χ2n) is 10.1. The van der Waals surface area contributed by atoms with Crippen molar-refractivity contribution in [3.05, 3.63) is 168 Å². The molecule has 6 rings (SSSR count). The maximum absolute atomic E-state index is 2.39. The Morgan fingerprint density at radius 1 is 0.439 bits per heavy atom. The van der Waals surface area contributed by atoms with E-state index >= 15 is 0 Å². The van der Waals surface area contributed by atoms with Crippen LogP contribution in [0.5, 0.6) is 0 Å². The summed E-state index contributed by atoms with van der Waals surface area (Å²) in [4.78, 5) is 0. The Labute approximate surface area is 258 Å². The van der Waals surface area contributed by atoms with Crippen LogP contribution in [0, 0.1) is 27.7 Å². The molecule has 0 aliphatic carbocycles. The third kappa shape index (κ3) is 7.05. The largest absolute Gasteiger partial charge is 0.748 e. The van der Waals surface area contributed by atoms with E-state index in [1.165, 1.54) is 54.1 Å². The van der Waals surface area contributed by atoms with Crippen LogP contribution in [0.25, 0.3) is 0 Å². The van der Waals surface area contributed by atoms with Gasteiger partial charge >= 0.3 is 0 Å². The van der Waals surface area contributed by atoms with Gasteiger partial charge in [-0.15, -0.1) is 10.6 Å². The SMILES string of the molecule is Cc1ccccc1P(c1ccccc1C)c1ccc[c-]1P(c1ccccc1C)c1ccccc1C.[Ni].[cH-]1[cH-][cH-][cH-][cH-]1. The van der Waals surface area contributed by atoms with Crippen molar-refractivity contribution in [2.45, 2.75) is 27.7 Å². The minimum Gasteiger partial charge on any atom is -0.748 e. The smallest absolute Gasteiger partial charge is 0 e. The van der Waals surface area contributed by atoms with E-state index < -0.39 is 15.8 Å². The zero-order valence-corrected chi connectivity index (χ0v) is 26.8. The number of rotatable bonds is 6. The van der Waals surface area contributed by atoms with E-state index in [-0.39, 0.29) is 16.5 Å². The average Bonchev–Trinajstić information content (AvgIpc) is 3.70. The van der Waals surface area contributed by atoms with Gasteiger partial charge < -0.3 is 30.3 Å². The van der Waals surface area contributed by atoms with E-state index in [4.69, 9.17) is 0 Å². The van der Waals surface area contributed by atoms with Crippen LogP contribution in [-0.2, 0) is 16.5 Å². The number of hydrogen-bond donors (Lipinski definition) is 0. The minimum atomic E-state index is -0.688. The van der Waals surface area contributed by atoms with Crippen molar-refractivity contribution in [3.8, 4) is 0 Å². The van der Waals surface area contributed by atoms with Crippen molar-refractivity contribution in [3.63, 3.8) is 0 Å². The fourth-order valence-electron chi connectivity index (χ4n) is 5.14. The van der Waals surface area contributed by atoms with Gasteiger partial charge in [-0.05, 0) is 79.1 Å². The van der Waals surface area contributed by atoms with E-state index in [1.807, 2.05) is 30.3 Å². The number of benzene rings is 4. The fourth-order valence-corrected chi connectivity index (χ4v) is 11.0. The molecule has 0 fully saturated rings. The first-order valence-corrected chi connectivity index (χ1v) is 16.5. The monoisotopic (exact) mass is 612 g/mol. The van der Waals surface area contributed by atoms with Crippen LogP contribution < -0.4 is 31.8 Å². The average molecular weight is 613 g/mol. The Hall–Kier alpha value is -3.07. The van der Waals surface area contributed by atoms with Crippen LogP contribution in [0.3, 0.4) is 0 Å². The second-order valence-corrected chi connectivity index (χ2v) is 14.3. The van der Waals surface area contributed by atoms with Gasteiger partial charge in [0.25, 0.3) is 0 Å². The molecule has 0 N–H and O–H groups in total. The predicted octanol–water partition coefficient (Wildman–Crippen LogP) is 7.56. The van der Waals surface area contributed by atoms with Crippen molar-refractivity contribution in [1.82, 2.24) is 0 Å². The van der Waals surface area contributed by atoms with E-state index in [9.17, 15) is 0 Å². The van der Waals surface area contributed by atoms with Gasteiger partial charge in [0.05, 0.1) is 0 Å². The summed E-state index contributed by atoms with van der Waals surface area (Å²) >= 11 is 0. The summed E-state index contributed by atoms with van der Waals surface area (Å²) in [5.41, 5.74) is 5.46. The molecule has 0 unspecified atom stereocenters. The molecule has 41 heavy (non-hydrogen) atoms. The fraction of sp³-hybridized carbons (Fsp3) is 0.105. The summed E-state index contributed by atoms with van der Waals surface area (Å²) in [6, 6.07) is 52.9. The van der Waals surface area contributed by atoms with Crippen LogP contribution in [0.1, 0.15) is 22.3 Å². The van der Waals surface area contributed by atoms with Gasteiger partial charge in [-0.25, -0.2) is 12.1 Å². The molecule has 0 radical (unpaired) electrons. The third-order valence-electron chi connectivity index (χ3n) is 7.23. The van der Waals surface area contributed by atoms with Gasteiger partial charge in [-0.2, -0.15) is 6.07 Å². The van der Waals surface area contributed by atoms with Gasteiger partial charge in [0.1, 0.15) is 0 Å². The summed E-state index contributed by atoms with van der Waals surface area (Å²) in [5, 5.41) is 8.78. The Morgan fingerprint density at radius 3 is 1.15 bits per heavy atom. The Bertz CT molecular complexity index is 1440. The predicted molar refractivity (Wildman–Crippen MR) is 180 cm³/mol. The van der Waals surface area contributed by atoms with Crippen molar-refractivity contribution < 1.29 is 16.5 Å². The van der Waals surface area contributed by atoms with E-state index in [2.05, 4.69) is 143 Å². The molecule has 0 atom stereocenters. The molecule has 3 heteroatoms. The Balaban J connectivity index is 0.000000584.